The molecule has 2 heterocycles. The highest BCUT2D eigenvalue weighted by molar-refractivity contribution is 8.26. The molecule has 3 nitrogen and oxygen atoms in total. The minimum absolute atomic E-state index is 0.0889. The van der Waals surface area contributed by atoms with Crippen molar-refractivity contribution in [3.05, 3.63) is 41.2 Å². The predicted molar refractivity (Wildman–Crippen MR) is 73.5 cm³/mol. The van der Waals surface area contributed by atoms with Gasteiger partial charge in [0.05, 0.1) is 4.91 Å². The molecule has 1 saturated heterocycles. The number of carbonyl (C=O) groups excluding carboxylic acids is 1. The van der Waals surface area contributed by atoms with Gasteiger partial charge in [0.2, 0.25) is 0 Å². The molecule has 1 aliphatic rings. The first-order valence-electron chi connectivity index (χ1n) is 5.04. The van der Waals surface area contributed by atoms with Gasteiger partial charge in [-0.3, -0.25) is 9.69 Å². The Kier molecular flexibility index (Phi) is 3.49. The molecule has 1 amide bonds. The molecular formula is C12H11NO2S2. The van der Waals surface area contributed by atoms with Crippen LogP contribution in [0, 0.1) is 6.92 Å². The van der Waals surface area contributed by atoms with Gasteiger partial charge in [0.15, 0.2) is 0 Å². The fraction of sp³-hybridized carbons (Fsp3) is 0.167. The van der Waals surface area contributed by atoms with Crippen LogP contribution < -0.4 is 0 Å². The smallest absolute Gasteiger partial charge is 0.266 e. The maximum Gasteiger partial charge on any atom is 0.266 e. The summed E-state index contributed by atoms with van der Waals surface area (Å²) in [5.74, 6) is 1.40. The number of nitrogens with zero attached hydrogens (tertiary/aromatic N) is 1. The molecule has 0 radical (unpaired) electrons. The monoisotopic (exact) mass is 265 g/mol. The van der Waals surface area contributed by atoms with Gasteiger partial charge in [-0.25, -0.2) is 0 Å². The van der Waals surface area contributed by atoms with Crippen LogP contribution >= 0.6 is 24.0 Å². The van der Waals surface area contributed by atoms with E-state index in [4.69, 9.17) is 16.6 Å². The van der Waals surface area contributed by atoms with E-state index in [2.05, 4.69) is 6.58 Å². The zero-order chi connectivity index (χ0) is 12.4. The molecule has 17 heavy (non-hydrogen) atoms. The molecule has 0 aliphatic carbocycles. The average Bonchev–Trinajstić information content (AvgIpc) is 2.79. The maximum absolute atomic E-state index is 12.0. The molecule has 0 unspecified atom stereocenters. The number of amides is 1. The topological polar surface area (TPSA) is 33.5 Å². The highest BCUT2D eigenvalue weighted by atomic mass is 32.2. The van der Waals surface area contributed by atoms with E-state index in [9.17, 15) is 4.79 Å². The molecular weight excluding hydrogens is 254 g/mol. The molecule has 1 aromatic rings. The van der Waals surface area contributed by atoms with Crippen LogP contribution in [0.25, 0.3) is 6.08 Å². The van der Waals surface area contributed by atoms with E-state index in [1.54, 1.807) is 12.2 Å². The second-order valence-electron chi connectivity index (χ2n) is 3.53. The Bertz CT molecular complexity index is 516. The van der Waals surface area contributed by atoms with Crippen molar-refractivity contribution in [1.29, 1.82) is 0 Å². The molecule has 0 N–H and O–H groups in total. The molecule has 0 saturated carbocycles. The fourth-order valence-electron chi connectivity index (χ4n) is 1.45. The van der Waals surface area contributed by atoms with Gasteiger partial charge in [0.1, 0.15) is 15.8 Å². The van der Waals surface area contributed by atoms with Crippen molar-refractivity contribution in [2.75, 3.05) is 6.54 Å². The van der Waals surface area contributed by atoms with Crippen molar-refractivity contribution in [3.8, 4) is 0 Å². The summed E-state index contributed by atoms with van der Waals surface area (Å²) in [6.07, 6.45) is 3.38. The fourth-order valence-corrected chi connectivity index (χ4v) is 2.70. The lowest BCUT2D eigenvalue weighted by Gasteiger charge is -2.10. The lowest BCUT2D eigenvalue weighted by Crippen LogP contribution is -2.27. The lowest BCUT2D eigenvalue weighted by molar-refractivity contribution is -0.121. The molecule has 1 aromatic heterocycles. The number of hydrogen-bond donors (Lipinski definition) is 0. The summed E-state index contributed by atoms with van der Waals surface area (Å²) < 4.78 is 5.96. The van der Waals surface area contributed by atoms with Crippen LogP contribution in [0.4, 0.5) is 0 Å². The van der Waals surface area contributed by atoms with Crippen molar-refractivity contribution in [2.45, 2.75) is 6.92 Å². The SMILES string of the molecule is C=CCN1C(=O)/C(=C/c2ccc(C)o2)SC1=S. The minimum atomic E-state index is -0.0889. The Morgan fingerprint density at radius 2 is 2.35 bits per heavy atom. The quantitative estimate of drug-likeness (QED) is 0.478. The van der Waals surface area contributed by atoms with Gasteiger partial charge < -0.3 is 4.42 Å². The maximum atomic E-state index is 12.0. The van der Waals surface area contributed by atoms with E-state index in [1.165, 1.54) is 16.7 Å². The van der Waals surface area contributed by atoms with E-state index in [0.717, 1.165) is 5.76 Å². The van der Waals surface area contributed by atoms with Crippen molar-refractivity contribution >= 4 is 40.3 Å². The first kappa shape index (κ1) is 12.1. The van der Waals surface area contributed by atoms with E-state index in [0.29, 0.717) is 21.5 Å². The van der Waals surface area contributed by atoms with E-state index in [1.807, 2.05) is 19.1 Å². The molecule has 0 atom stereocenters. The Balaban J connectivity index is 2.24. The standard InChI is InChI=1S/C12H11NO2S2/c1-3-6-13-11(14)10(17-12(13)16)7-9-5-4-8(2)15-9/h3-5,7H,1,6H2,2H3/b10-7-. The Hall–Kier alpha value is -1.33. The molecule has 0 bridgehead atoms. The van der Waals surface area contributed by atoms with Gasteiger partial charge in [-0.1, -0.05) is 30.1 Å². The Morgan fingerprint density at radius 1 is 1.59 bits per heavy atom. The van der Waals surface area contributed by atoms with Gasteiger partial charge in [-0.2, -0.15) is 0 Å². The molecule has 5 heteroatoms. The first-order chi connectivity index (χ1) is 8.11. The van der Waals surface area contributed by atoms with E-state index < -0.39 is 0 Å². The highest BCUT2D eigenvalue weighted by Crippen LogP contribution is 2.32. The van der Waals surface area contributed by atoms with Crippen LogP contribution in [0.5, 0.6) is 0 Å². The van der Waals surface area contributed by atoms with Gasteiger partial charge >= 0.3 is 0 Å². The molecule has 1 fully saturated rings. The van der Waals surface area contributed by atoms with Crippen LogP contribution in [0.15, 0.2) is 34.1 Å². The van der Waals surface area contributed by atoms with Crippen molar-refractivity contribution < 1.29 is 9.21 Å². The van der Waals surface area contributed by atoms with Gasteiger partial charge in [0, 0.05) is 12.6 Å². The largest absolute Gasteiger partial charge is 0.462 e. The molecule has 2 rings (SSSR count). The summed E-state index contributed by atoms with van der Waals surface area (Å²) in [5.41, 5.74) is 0. The Morgan fingerprint density at radius 3 is 2.94 bits per heavy atom. The number of rotatable bonds is 3. The van der Waals surface area contributed by atoms with E-state index in [-0.39, 0.29) is 5.91 Å². The number of furan rings is 1. The van der Waals surface area contributed by atoms with Crippen molar-refractivity contribution in [3.63, 3.8) is 0 Å². The van der Waals surface area contributed by atoms with Gasteiger partial charge in [-0.15, -0.1) is 6.58 Å². The summed E-state index contributed by atoms with van der Waals surface area (Å²) in [6.45, 7) is 5.91. The number of carbonyl (C=O) groups is 1. The number of aryl methyl sites for hydroxylation is 1. The number of thiocarbonyl (C=S) groups is 1. The van der Waals surface area contributed by atoms with Crippen LogP contribution in [0.2, 0.25) is 0 Å². The third kappa shape index (κ3) is 2.50. The summed E-state index contributed by atoms with van der Waals surface area (Å²) >= 11 is 6.42. The first-order valence-corrected chi connectivity index (χ1v) is 6.27. The molecule has 0 spiro atoms. The minimum Gasteiger partial charge on any atom is -0.462 e. The summed E-state index contributed by atoms with van der Waals surface area (Å²) in [7, 11) is 0. The van der Waals surface area contributed by atoms with Crippen LogP contribution in [0.1, 0.15) is 11.5 Å². The summed E-state index contributed by atoms with van der Waals surface area (Å²) in [4.78, 5) is 14.1. The van der Waals surface area contributed by atoms with Crippen molar-refractivity contribution in [1.82, 2.24) is 4.90 Å². The normalized spacial score (nSPS) is 18.2. The molecule has 1 aliphatic heterocycles. The molecule has 0 aromatic carbocycles. The third-order valence-corrected chi connectivity index (χ3v) is 3.60. The van der Waals surface area contributed by atoms with Crippen molar-refractivity contribution in [2.24, 2.45) is 0 Å². The lowest BCUT2D eigenvalue weighted by atomic mass is 10.3. The van der Waals surface area contributed by atoms with Gasteiger partial charge in [0.25, 0.3) is 5.91 Å². The second kappa shape index (κ2) is 4.89. The van der Waals surface area contributed by atoms with Crippen LogP contribution in [0.3, 0.4) is 0 Å². The van der Waals surface area contributed by atoms with Crippen LogP contribution in [-0.4, -0.2) is 21.7 Å². The second-order valence-corrected chi connectivity index (χ2v) is 5.21. The van der Waals surface area contributed by atoms with E-state index >= 15 is 0 Å². The third-order valence-electron chi connectivity index (χ3n) is 2.22. The Labute approximate surface area is 109 Å². The molecule has 88 valence electrons. The average molecular weight is 265 g/mol. The highest BCUT2D eigenvalue weighted by Gasteiger charge is 2.31. The zero-order valence-corrected chi connectivity index (χ0v) is 10.9. The summed E-state index contributed by atoms with van der Waals surface area (Å²) in [6, 6.07) is 3.69. The summed E-state index contributed by atoms with van der Waals surface area (Å²) in [5, 5.41) is 0. The number of thioether (sulfide) groups is 1. The predicted octanol–water partition coefficient (Wildman–Crippen LogP) is 2.98. The van der Waals surface area contributed by atoms with Gasteiger partial charge in [-0.05, 0) is 19.1 Å². The number of hydrogen-bond acceptors (Lipinski definition) is 4. The van der Waals surface area contributed by atoms with Crippen LogP contribution in [-0.2, 0) is 4.79 Å². The zero-order valence-electron chi connectivity index (χ0n) is 9.30.